The first-order valence-corrected chi connectivity index (χ1v) is 7.42. The molecule has 0 amide bonds. The van der Waals surface area contributed by atoms with Crippen molar-refractivity contribution in [3.63, 3.8) is 0 Å². The fraction of sp³-hybridized carbons (Fsp3) is 0.143. The predicted molar refractivity (Wildman–Crippen MR) is 79.5 cm³/mol. The molecule has 2 aromatic rings. The molecule has 2 aromatic carbocycles. The molecule has 0 radical (unpaired) electrons. The Labute approximate surface area is 132 Å². The van der Waals surface area contributed by atoms with Gasteiger partial charge in [0.25, 0.3) is 0 Å². The third-order valence-electron chi connectivity index (χ3n) is 2.80. The Balaban J connectivity index is 2.57. The number of rotatable bonds is 2. The number of hydrogen-bond acceptors (Lipinski definition) is 0. The molecule has 0 saturated heterocycles. The zero-order valence-corrected chi connectivity index (χ0v) is 13.0. The first-order valence-electron chi connectivity index (χ1n) is 5.54. The third kappa shape index (κ3) is 3.30. The van der Waals surface area contributed by atoms with E-state index in [1.165, 1.54) is 6.07 Å². The standard InChI is InChI=1S/C14H8BrCl2F3/c15-7-8-5-9(14(18,19)20)1-3-11(8)12-4-2-10(16)6-13(12)17/h1-6H,7H2. The van der Waals surface area contributed by atoms with Gasteiger partial charge in [-0.05, 0) is 35.4 Å². The highest BCUT2D eigenvalue weighted by Crippen LogP contribution is 2.37. The summed E-state index contributed by atoms with van der Waals surface area (Å²) in [4.78, 5) is 0. The zero-order chi connectivity index (χ0) is 14.9. The third-order valence-corrected chi connectivity index (χ3v) is 3.95. The van der Waals surface area contributed by atoms with Crippen molar-refractivity contribution in [1.82, 2.24) is 0 Å². The molecular weight excluding hydrogens is 376 g/mol. The molecule has 0 aliphatic rings. The number of hydrogen-bond donors (Lipinski definition) is 0. The molecule has 20 heavy (non-hydrogen) atoms. The first-order chi connectivity index (χ1) is 9.32. The minimum atomic E-state index is -4.36. The number of benzene rings is 2. The molecule has 0 aliphatic heterocycles. The van der Waals surface area contributed by atoms with Crippen LogP contribution in [0.5, 0.6) is 0 Å². The topological polar surface area (TPSA) is 0 Å². The molecule has 0 N–H and O–H groups in total. The van der Waals surface area contributed by atoms with Crippen molar-refractivity contribution >= 4 is 39.1 Å². The largest absolute Gasteiger partial charge is 0.416 e. The van der Waals surface area contributed by atoms with E-state index in [2.05, 4.69) is 15.9 Å². The summed E-state index contributed by atoms with van der Waals surface area (Å²) in [6, 6.07) is 8.50. The molecule has 0 aliphatic carbocycles. The van der Waals surface area contributed by atoms with Gasteiger partial charge in [0.05, 0.1) is 5.56 Å². The van der Waals surface area contributed by atoms with E-state index in [1.54, 1.807) is 18.2 Å². The molecule has 0 bridgehead atoms. The fourth-order valence-electron chi connectivity index (χ4n) is 1.85. The van der Waals surface area contributed by atoms with E-state index >= 15 is 0 Å². The molecule has 0 aromatic heterocycles. The Hall–Kier alpha value is -0.710. The maximum absolute atomic E-state index is 12.7. The van der Waals surface area contributed by atoms with Gasteiger partial charge >= 0.3 is 6.18 Å². The second-order valence-electron chi connectivity index (χ2n) is 4.13. The fourth-order valence-corrected chi connectivity index (χ4v) is 2.83. The molecule has 0 saturated carbocycles. The summed E-state index contributed by atoms with van der Waals surface area (Å²) in [6.45, 7) is 0. The summed E-state index contributed by atoms with van der Waals surface area (Å²) in [5, 5.41) is 1.18. The lowest BCUT2D eigenvalue weighted by molar-refractivity contribution is -0.137. The molecule has 0 nitrogen and oxygen atoms in total. The number of alkyl halides is 4. The lowest BCUT2D eigenvalue weighted by atomic mass is 9.98. The smallest absolute Gasteiger partial charge is 0.166 e. The first kappa shape index (κ1) is 15.7. The normalized spacial score (nSPS) is 11.7. The molecular formula is C14H8BrCl2F3. The Bertz CT molecular complexity index is 639. The van der Waals surface area contributed by atoms with Crippen LogP contribution in [-0.2, 0) is 11.5 Å². The summed E-state index contributed by atoms with van der Waals surface area (Å²) >= 11 is 15.1. The van der Waals surface area contributed by atoms with Crippen molar-refractivity contribution in [3.8, 4) is 11.1 Å². The predicted octanol–water partition coefficient (Wildman–Crippen LogP) is 6.57. The summed E-state index contributed by atoms with van der Waals surface area (Å²) in [7, 11) is 0. The Kier molecular flexibility index (Phi) is 4.67. The van der Waals surface area contributed by atoms with E-state index in [-0.39, 0.29) is 0 Å². The summed E-state index contributed by atoms with van der Waals surface area (Å²) in [5.41, 5.74) is 1.14. The summed E-state index contributed by atoms with van der Waals surface area (Å²) in [6.07, 6.45) is -4.36. The van der Waals surface area contributed by atoms with Gasteiger partial charge in [0.1, 0.15) is 0 Å². The van der Waals surface area contributed by atoms with Gasteiger partial charge in [0.2, 0.25) is 0 Å². The molecule has 0 spiro atoms. The van der Waals surface area contributed by atoms with E-state index in [0.717, 1.165) is 12.1 Å². The van der Waals surface area contributed by atoms with Gasteiger partial charge in [-0.25, -0.2) is 0 Å². The molecule has 0 fully saturated rings. The molecule has 0 unspecified atom stereocenters. The molecule has 0 atom stereocenters. The van der Waals surface area contributed by atoms with Crippen molar-refractivity contribution < 1.29 is 13.2 Å². The highest BCUT2D eigenvalue weighted by molar-refractivity contribution is 9.08. The van der Waals surface area contributed by atoms with Crippen LogP contribution in [0, 0.1) is 0 Å². The monoisotopic (exact) mass is 382 g/mol. The van der Waals surface area contributed by atoms with Crippen LogP contribution in [0.25, 0.3) is 11.1 Å². The van der Waals surface area contributed by atoms with Crippen molar-refractivity contribution in [1.29, 1.82) is 0 Å². The van der Waals surface area contributed by atoms with Gasteiger partial charge in [0.15, 0.2) is 0 Å². The summed E-state index contributed by atoms with van der Waals surface area (Å²) < 4.78 is 38.1. The Morgan fingerprint density at radius 3 is 2.15 bits per heavy atom. The number of halogens is 6. The maximum atomic E-state index is 12.7. The highest BCUT2D eigenvalue weighted by Gasteiger charge is 2.31. The van der Waals surface area contributed by atoms with Crippen molar-refractivity contribution in [2.45, 2.75) is 11.5 Å². The average molecular weight is 384 g/mol. The van der Waals surface area contributed by atoms with Crippen LogP contribution in [0.4, 0.5) is 13.2 Å². The van der Waals surface area contributed by atoms with Gasteiger partial charge in [-0.2, -0.15) is 13.2 Å². The van der Waals surface area contributed by atoms with E-state index in [1.807, 2.05) is 0 Å². The van der Waals surface area contributed by atoms with Crippen LogP contribution in [-0.4, -0.2) is 0 Å². The van der Waals surface area contributed by atoms with E-state index in [0.29, 0.717) is 32.1 Å². The summed E-state index contributed by atoms with van der Waals surface area (Å²) in [5.74, 6) is 0. The van der Waals surface area contributed by atoms with Crippen molar-refractivity contribution in [3.05, 3.63) is 57.6 Å². The highest BCUT2D eigenvalue weighted by atomic mass is 79.9. The second kappa shape index (κ2) is 5.96. The minimum absolute atomic E-state index is 0.297. The van der Waals surface area contributed by atoms with E-state index < -0.39 is 11.7 Å². The lowest BCUT2D eigenvalue weighted by Gasteiger charge is -2.13. The SMILES string of the molecule is FC(F)(F)c1ccc(-c2ccc(Cl)cc2Cl)c(CBr)c1. The maximum Gasteiger partial charge on any atom is 0.416 e. The van der Waals surface area contributed by atoms with Gasteiger partial charge in [0, 0.05) is 20.9 Å². The molecule has 0 heterocycles. The molecule has 106 valence electrons. The van der Waals surface area contributed by atoms with E-state index in [9.17, 15) is 13.2 Å². The van der Waals surface area contributed by atoms with Crippen molar-refractivity contribution in [2.24, 2.45) is 0 Å². The lowest BCUT2D eigenvalue weighted by Crippen LogP contribution is -2.05. The van der Waals surface area contributed by atoms with Crippen LogP contribution in [0.2, 0.25) is 10.0 Å². The van der Waals surface area contributed by atoms with Crippen LogP contribution in [0.1, 0.15) is 11.1 Å². The van der Waals surface area contributed by atoms with Gasteiger partial charge in [-0.3, -0.25) is 0 Å². The Morgan fingerprint density at radius 2 is 1.60 bits per heavy atom. The quantitative estimate of drug-likeness (QED) is 0.514. The Morgan fingerprint density at radius 1 is 0.950 bits per heavy atom. The van der Waals surface area contributed by atoms with E-state index in [4.69, 9.17) is 23.2 Å². The average Bonchev–Trinajstić information content (AvgIpc) is 2.37. The van der Waals surface area contributed by atoms with Crippen LogP contribution in [0.3, 0.4) is 0 Å². The van der Waals surface area contributed by atoms with Crippen LogP contribution >= 0.6 is 39.1 Å². The molecule has 2 rings (SSSR count). The zero-order valence-electron chi connectivity index (χ0n) is 9.94. The second-order valence-corrected chi connectivity index (χ2v) is 5.53. The van der Waals surface area contributed by atoms with Gasteiger partial charge < -0.3 is 0 Å². The molecule has 6 heteroatoms. The van der Waals surface area contributed by atoms with Gasteiger partial charge in [-0.1, -0.05) is 51.3 Å². The van der Waals surface area contributed by atoms with Crippen molar-refractivity contribution in [2.75, 3.05) is 0 Å². The van der Waals surface area contributed by atoms with Crippen LogP contribution in [0.15, 0.2) is 36.4 Å². The minimum Gasteiger partial charge on any atom is -0.166 e. The van der Waals surface area contributed by atoms with Gasteiger partial charge in [-0.15, -0.1) is 0 Å². The van der Waals surface area contributed by atoms with Crippen LogP contribution < -0.4 is 0 Å².